The van der Waals surface area contributed by atoms with E-state index in [2.05, 4.69) is 15.0 Å². The van der Waals surface area contributed by atoms with Crippen LogP contribution in [0.15, 0.2) is 76.0 Å². The number of thioether (sulfide) groups is 1. The molecule has 0 radical (unpaired) electrons. The zero-order valence-corrected chi connectivity index (χ0v) is 20.1. The smallest absolute Gasteiger partial charge is 0.266 e. The van der Waals surface area contributed by atoms with Crippen LogP contribution in [0, 0.1) is 0 Å². The fourth-order valence-corrected chi connectivity index (χ4v) is 5.89. The molecule has 0 saturated carbocycles. The largest absolute Gasteiger partial charge is 0.325 e. The predicted molar refractivity (Wildman–Crippen MR) is 134 cm³/mol. The van der Waals surface area contributed by atoms with Gasteiger partial charge in [0.25, 0.3) is 15.9 Å². The topological polar surface area (TPSA) is 108 Å². The van der Waals surface area contributed by atoms with Crippen LogP contribution in [0.5, 0.6) is 0 Å². The highest BCUT2D eigenvalue weighted by Gasteiger charge is 2.33. The number of benzene rings is 2. The lowest BCUT2D eigenvalue weighted by molar-refractivity contribution is -0.126. The molecule has 1 aliphatic heterocycles. The van der Waals surface area contributed by atoms with E-state index in [9.17, 15) is 18.0 Å². The molecule has 168 valence electrons. The van der Waals surface area contributed by atoms with Gasteiger partial charge in [0, 0.05) is 17.3 Å². The molecule has 0 spiro atoms. The zero-order chi connectivity index (χ0) is 23.4. The molecule has 0 unspecified atom stereocenters. The van der Waals surface area contributed by atoms with Gasteiger partial charge in [-0.3, -0.25) is 19.2 Å². The molecule has 1 saturated heterocycles. The van der Waals surface area contributed by atoms with Gasteiger partial charge >= 0.3 is 0 Å². The van der Waals surface area contributed by atoms with Crippen molar-refractivity contribution in [3.63, 3.8) is 0 Å². The Balaban J connectivity index is 1.38. The van der Waals surface area contributed by atoms with E-state index in [0.29, 0.717) is 14.9 Å². The number of carbonyl (C=O) groups excluding carboxylic acids is 2. The van der Waals surface area contributed by atoms with Gasteiger partial charge in [0.15, 0.2) is 5.13 Å². The second-order valence-corrected chi connectivity index (χ2v) is 10.9. The van der Waals surface area contributed by atoms with Gasteiger partial charge in [-0.05, 0) is 35.9 Å². The van der Waals surface area contributed by atoms with E-state index in [4.69, 9.17) is 12.2 Å². The Labute approximate surface area is 203 Å². The lowest BCUT2D eigenvalue weighted by Crippen LogP contribution is -2.36. The monoisotopic (exact) mass is 516 g/mol. The number of nitrogens with zero attached hydrogens (tertiary/aromatic N) is 2. The van der Waals surface area contributed by atoms with Crippen molar-refractivity contribution in [2.24, 2.45) is 0 Å². The number of hydrogen-bond donors (Lipinski definition) is 2. The number of aromatic nitrogens is 1. The predicted octanol–water partition coefficient (Wildman–Crippen LogP) is 3.78. The van der Waals surface area contributed by atoms with Crippen LogP contribution in [-0.2, 0) is 19.6 Å². The summed E-state index contributed by atoms with van der Waals surface area (Å²) in [7, 11) is -3.79. The number of amides is 2. The zero-order valence-electron chi connectivity index (χ0n) is 16.8. The van der Waals surface area contributed by atoms with Gasteiger partial charge in [0.1, 0.15) is 10.9 Å². The van der Waals surface area contributed by atoms with Crippen LogP contribution < -0.4 is 10.0 Å². The average Bonchev–Trinajstić information content (AvgIpc) is 3.38. The van der Waals surface area contributed by atoms with Crippen LogP contribution in [0.1, 0.15) is 5.56 Å². The fraction of sp³-hybridized carbons (Fsp3) is 0.0476. The van der Waals surface area contributed by atoms with Gasteiger partial charge in [0.2, 0.25) is 5.91 Å². The fourth-order valence-electron chi connectivity index (χ4n) is 2.85. The quantitative estimate of drug-likeness (QED) is 0.363. The second kappa shape index (κ2) is 9.83. The van der Waals surface area contributed by atoms with E-state index in [1.165, 1.54) is 35.4 Å². The number of carbonyl (C=O) groups is 2. The Kier molecular flexibility index (Phi) is 6.88. The van der Waals surface area contributed by atoms with E-state index in [0.717, 1.165) is 28.7 Å². The first-order chi connectivity index (χ1) is 15.8. The first-order valence-electron chi connectivity index (χ1n) is 9.44. The number of anilines is 2. The normalized spacial score (nSPS) is 15.2. The SMILES string of the molecule is O=C(CN1C(=O)C(=Cc2ccccc2)SC1=S)Nc1ccc(S(=O)(=O)Nc2nccs2)cc1. The van der Waals surface area contributed by atoms with Crippen LogP contribution in [0.3, 0.4) is 0 Å². The summed E-state index contributed by atoms with van der Waals surface area (Å²) in [5, 5.41) is 4.57. The van der Waals surface area contributed by atoms with E-state index in [-0.39, 0.29) is 22.5 Å². The number of thiazole rings is 1. The number of sulfonamides is 1. The van der Waals surface area contributed by atoms with E-state index >= 15 is 0 Å². The summed E-state index contributed by atoms with van der Waals surface area (Å²) in [6, 6.07) is 15.0. The van der Waals surface area contributed by atoms with Gasteiger partial charge in [-0.15, -0.1) is 11.3 Å². The molecule has 8 nitrogen and oxygen atoms in total. The molecular weight excluding hydrogens is 501 g/mol. The highest BCUT2D eigenvalue weighted by atomic mass is 32.2. The van der Waals surface area contributed by atoms with Crippen molar-refractivity contribution in [3.8, 4) is 0 Å². The van der Waals surface area contributed by atoms with Gasteiger partial charge < -0.3 is 5.32 Å². The maximum absolute atomic E-state index is 12.7. The van der Waals surface area contributed by atoms with Crippen LogP contribution in [-0.4, -0.2) is 41.0 Å². The Hall–Kier alpha value is -3.06. The molecule has 2 amide bonds. The highest BCUT2D eigenvalue weighted by Crippen LogP contribution is 2.32. The number of hydrogen-bond acceptors (Lipinski definition) is 8. The van der Waals surface area contributed by atoms with Crippen LogP contribution in [0.2, 0.25) is 0 Å². The van der Waals surface area contributed by atoms with Crippen LogP contribution >= 0.6 is 35.3 Å². The molecule has 0 aliphatic carbocycles. The Morgan fingerprint density at radius 1 is 1.12 bits per heavy atom. The third kappa shape index (κ3) is 5.66. The van der Waals surface area contributed by atoms with Crippen molar-refractivity contribution >= 4 is 78.4 Å². The van der Waals surface area contributed by atoms with Gasteiger partial charge in [-0.25, -0.2) is 13.4 Å². The van der Waals surface area contributed by atoms with Crippen molar-refractivity contribution in [2.75, 3.05) is 16.6 Å². The summed E-state index contributed by atoms with van der Waals surface area (Å²) in [6.07, 6.45) is 3.23. The molecule has 12 heteroatoms. The molecule has 0 atom stereocenters. The van der Waals surface area contributed by atoms with Gasteiger partial charge in [0.05, 0.1) is 9.80 Å². The van der Waals surface area contributed by atoms with Crippen molar-refractivity contribution < 1.29 is 18.0 Å². The first-order valence-corrected chi connectivity index (χ1v) is 13.0. The minimum atomic E-state index is -3.79. The molecule has 3 aromatic rings. The summed E-state index contributed by atoms with van der Waals surface area (Å²) < 4.78 is 27.5. The average molecular weight is 517 g/mol. The maximum atomic E-state index is 12.7. The molecule has 1 aromatic heterocycles. The maximum Gasteiger partial charge on any atom is 0.266 e. The van der Waals surface area contributed by atoms with E-state index in [1.807, 2.05) is 30.3 Å². The third-order valence-corrected chi connectivity index (χ3v) is 7.93. The lowest BCUT2D eigenvalue weighted by atomic mass is 10.2. The molecule has 33 heavy (non-hydrogen) atoms. The summed E-state index contributed by atoms with van der Waals surface area (Å²) in [5.41, 5.74) is 1.25. The number of nitrogens with one attached hydrogen (secondary N) is 2. The summed E-state index contributed by atoms with van der Waals surface area (Å²) in [6.45, 7) is -0.248. The summed E-state index contributed by atoms with van der Waals surface area (Å²) in [5.74, 6) is -0.789. The minimum absolute atomic E-state index is 0.0266. The van der Waals surface area contributed by atoms with Crippen molar-refractivity contribution in [1.29, 1.82) is 0 Å². The van der Waals surface area contributed by atoms with Crippen molar-refractivity contribution in [3.05, 3.63) is 76.6 Å². The Morgan fingerprint density at radius 3 is 2.52 bits per heavy atom. The molecular formula is C21H16N4O4S4. The van der Waals surface area contributed by atoms with Crippen LogP contribution in [0.4, 0.5) is 10.8 Å². The number of thiocarbonyl (C=S) groups is 1. The molecule has 0 bridgehead atoms. The second-order valence-electron chi connectivity index (χ2n) is 6.69. The summed E-state index contributed by atoms with van der Waals surface area (Å²) >= 11 is 7.58. The molecule has 2 N–H and O–H groups in total. The van der Waals surface area contributed by atoms with Crippen LogP contribution in [0.25, 0.3) is 6.08 Å². The van der Waals surface area contributed by atoms with Gasteiger partial charge in [-0.1, -0.05) is 54.3 Å². The Morgan fingerprint density at radius 2 is 1.85 bits per heavy atom. The number of rotatable bonds is 7. The van der Waals surface area contributed by atoms with Crippen molar-refractivity contribution in [1.82, 2.24) is 9.88 Å². The molecule has 4 rings (SSSR count). The third-order valence-electron chi connectivity index (χ3n) is 4.38. The van der Waals surface area contributed by atoms with E-state index < -0.39 is 15.9 Å². The van der Waals surface area contributed by atoms with Gasteiger partial charge in [-0.2, -0.15) is 0 Å². The van der Waals surface area contributed by atoms with E-state index in [1.54, 1.807) is 11.5 Å². The molecule has 1 fully saturated rings. The molecule has 1 aliphatic rings. The molecule has 2 heterocycles. The standard InChI is InChI=1S/C21H16N4O4S4/c26-18(13-25-19(27)17(32-21(25)30)12-14-4-2-1-3-5-14)23-15-6-8-16(9-7-15)33(28,29)24-20-22-10-11-31-20/h1-12H,13H2,(H,22,24)(H,23,26). The first kappa shape index (κ1) is 23.1. The highest BCUT2D eigenvalue weighted by molar-refractivity contribution is 8.26. The minimum Gasteiger partial charge on any atom is -0.325 e. The Bertz CT molecular complexity index is 1320. The molecule has 2 aromatic carbocycles. The summed E-state index contributed by atoms with van der Waals surface area (Å²) in [4.78, 5) is 30.8. The van der Waals surface area contributed by atoms with Crippen molar-refractivity contribution in [2.45, 2.75) is 4.90 Å². The lowest BCUT2D eigenvalue weighted by Gasteiger charge is -2.14.